The van der Waals surface area contributed by atoms with Crippen molar-refractivity contribution >= 4 is 23.4 Å². The molecule has 0 atom stereocenters. The summed E-state index contributed by atoms with van der Waals surface area (Å²) in [4.78, 5) is 17.0. The minimum atomic E-state index is 0.225. The summed E-state index contributed by atoms with van der Waals surface area (Å²) in [6, 6.07) is 2.92. The van der Waals surface area contributed by atoms with Crippen LogP contribution in [0.15, 0.2) is 17.1 Å². The van der Waals surface area contributed by atoms with Crippen LogP contribution in [0.5, 0.6) is 5.88 Å². The molecule has 0 aliphatic rings. The Morgan fingerprint density at radius 1 is 1.67 bits per heavy atom. The third-order valence-corrected chi connectivity index (χ3v) is 1.33. The zero-order valence-electron chi connectivity index (χ0n) is 6.24. The van der Waals surface area contributed by atoms with Gasteiger partial charge in [-0.25, -0.2) is 9.78 Å². The number of methoxy groups -OCH3 is 1. The van der Waals surface area contributed by atoms with Gasteiger partial charge in [0, 0.05) is 12.1 Å². The molecule has 1 rings (SSSR count). The number of isocyanates is 1. The van der Waals surface area contributed by atoms with Crippen molar-refractivity contribution in [2.45, 2.75) is 0 Å². The first kappa shape index (κ1) is 8.71. The number of pyridine rings is 1. The molecule has 4 nitrogen and oxygen atoms in total. The summed E-state index contributed by atoms with van der Waals surface area (Å²) in [5.41, 5.74) is 0.377. The van der Waals surface area contributed by atoms with Gasteiger partial charge in [-0.3, -0.25) is 0 Å². The third kappa shape index (κ3) is 2.05. The lowest BCUT2D eigenvalue weighted by Crippen LogP contribution is -1.86. The quantitative estimate of drug-likeness (QED) is 0.400. The maximum absolute atomic E-state index is 9.89. The number of hydrogen-bond acceptors (Lipinski definition) is 4. The van der Waals surface area contributed by atoms with Crippen molar-refractivity contribution in [3.63, 3.8) is 0 Å². The van der Waals surface area contributed by atoms with Crippen LogP contribution in [0, 0.1) is 0 Å². The molecule has 12 heavy (non-hydrogen) atoms. The number of ether oxygens (including phenoxy) is 1. The van der Waals surface area contributed by atoms with Gasteiger partial charge in [0.15, 0.2) is 0 Å². The fraction of sp³-hybridized carbons (Fsp3) is 0.143. The molecule has 0 bridgehead atoms. The summed E-state index contributed by atoms with van der Waals surface area (Å²) in [6.45, 7) is 0. The first-order valence-electron chi connectivity index (χ1n) is 3.05. The van der Waals surface area contributed by atoms with E-state index in [-0.39, 0.29) is 5.15 Å². The highest BCUT2D eigenvalue weighted by atomic mass is 35.5. The summed E-state index contributed by atoms with van der Waals surface area (Å²) >= 11 is 5.58. The van der Waals surface area contributed by atoms with Crippen LogP contribution in [0.4, 0.5) is 5.69 Å². The Hall–Kier alpha value is -1.38. The van der Waals surface area contributed by atoms with E-state index in [0.717, 1.165) is 0 Å². The molecule has 5 heteroatoms. The second kappa shape index (κ2) is 3.85. The molecule has 62 valence electrons. The van der Waals surface area contributed by atoms with E-state index >= 15 is 0 Å². The molecule has 0 aliphatic heterocycles. The number of aliphatic imine (C=N–C) groups is 1. The monoisotopic (exact) mass is 184 g/mol. The van der Waals surface area contributed by atoms with E-state index in [9.17, 15) is 4.79 Å². The molecule has 1 aromatic heterocycles. The SMILES string of the molecule is COc1cc(N=C=O)cc(Cl)n1. The van der Waals surface area contributed by atoms with E-state index in [1.54, 1.807) is 0 Å². The lowest BCUT2D eigenvalue weighted by Gasteiger charge is -1.98. The summed E-state index contributed by atoms with van der Waals surface area (Å²) in [5.74, 6) is 0.316. The highest BCUT2D eigenvalue weighted by Gasteiger charge is 1.99. The maximum Gasteiger partial charge on any atom is 0.240 e. The first-order valence-corrected chi connectivity index (χ1v) is 3.43. The molecule has 0 aliphatic carbocycles. The van der Waals surface area contributed by atoms with Crippen molar-refractivity contribution < 1.29 is 9.53 Å². The number of hydrogen-bond donors (Lipinski definition) is 0. The third-order valence-electron chi connectivity index (χ3n) is 1.14. The second-order valence-corrected chi connectivity index (χ2v) is 2.28. The molecular weight excluding hydrogens is 180 g/mol. The first-order chi connectivity index (χ1) is 5.76. The number of halogens is 1. The maximum atomic E-state index is 9.89. The van der Waals surface area contributed by atoms with Gasteiger partial charge < -0.3 is 4.74 Å². The van der Waals surface area contributed by atoms with Gasteiger partial charge in [-0.1, -0.05) is 11.6 Å². The predicted molar refractivity (Wildman–Crippen MR) is 43.6 cm³/mol. The van der Waals surface area contributed by atoms with Crippen LogP contribution in [0.2, 0.25) is 5.15 Å². The average Bonchev–Trinajstić information content (AvgIpc) is 2.04. The van der Waals surface area contributed by atoms with Crippen LogP contribution in [-0.2, 0) is 4.79 Å². The average molecular weight is 185 g/mol. The van der Waals surface area contributed by atoms with Gasteiger partial charge in [0.2, 0.25) is 12.0 Å². The molecule has 0 aromatic carbocycles. The van der Waals surface area contributed by atoms with Crippen LogP contribution >= 0.6 is 11.6 Å². The lowest BCUT2D eigenvalue weighted by atomic mass is 10.4. The zero-order valence-corrected chi connectivity index (χ0v) is 7.00. The van der Waals surface area contributed by atoms with Gasteiger partial charge in [-0.2, -0.15) is 4.99 Å². The Bertz CT molecular complexity index is 334. The molecule has 0 spiro atoms. The van der Waals surface area contributed by atoms with Crippen LogP contribution < -0.4 is 4.74 Å². The van der Waals surface area contributed by atoms with Crippen molar-refractivity contribution in [3.05, 3.63) is 17.3 Å². The summed E-state index contributed by atoms with van der Waals surface area (Å²) in [7, 11) is 1.45. The Morgan fingerprint density at radius 3 is 3.00 bits per heavy atom. The van der Waals surface area contributed by atoms with Gasteiger partial charge in [0.05, 0.1) is 12.8 Å². The number of rotatable bonds is 2. The predicted octanol–water partition coefficient (Wildman–Crippen LogP) is 1.71. The van der Waals surface area contributed by atoms with Crippen molar-refractivity contribution in [1.29, 1.82) is 0 Å². The Labute approximate surface area is 73.9 Å². The highest BCUT2D eigenvalue weighted by Crippen LogP contribution is 2.21. The number of aromatic nitrogens is 1. The fourth-order valence-electron chi connectivity index (χ4n) is 0.682. The van der Waals surface area contributed by atoms with Crippen LogP contribution in [-0.4, -0.2) is 18.2 Å². The molecule has 0 radical (unpaired) electrons. The molecule has 1 aromatic rings. The van der Waals surface area contributed by atoms with Gasteiger partial charge in [-0.15, -0.1) is 0 Å². The minimum Gasteiger partial charge on any atom is -0.481 e. The zero-order chi connectivity index (χ0) is 8.97. The van der Waals surface area contributed by atoms with Crippen LogP contribution in [0.1, 0.15) is 0 Å². The molecule has 0 unspecified atom stereocenters. The Balaban J connectivity index is 3.14. The molecular formula is C7H5ClN2O2. The van der Waals surface area contributed by atoms with Crippen LogP contribution in [0.3, 0.4) is 0 Å². The van der Waals surface area contributed by atoms with E-state index in [0.29, 0.717) is 11.6 Å². The molecule has 1 heterocycles. The van der Waals surface area contributed by atoms with E-state index in [4.69, 9.17) is 16.3 Å². The smallest absolute Gasteiger partial charge is 0.240 e. The normalized spacial score (nSPS) is 8.83. The standard InChI is InChI=1S/C7H5ClN2O2/c1-12-7-3-5(9-4-11)2-6(8)10-7/h2-3H,1H3. The van der Waals surface area contributed by atoms with Crippen molar-refractivity contribution in [3.8, 4) is 5.88 Å². The molecule has 0 fully saturated rings. The van der Waals surface area contributed by atoms with E-state index in [1.165, 1.54) is 25.3 Å². The molecule has 0 amide bonds. The van der Waals surface area contributed by atoms with Gasteiger partial charge in [0.25, 0.3) is 0 Å². The molecule has 0 saturated carbocycles. The molecule has 0 N–H and O–H groups in total. The molecule has 0 saturated heterocycles. The minimum absolute atomic E-state index is 0.225. The van der Waals surface area contributed by atoms with E-state index in [1.807, 2.05) is 0 Å². The van der Waals surface area contributed by atoms with Crippen molar-refractivity contribution in [2.75, 3.05) is 7.11 Å². The fourth-order valence-corrected chi connectivity index (χ4v) is 0.877. The Kier molecular flexibility index (Phi) is 2.80. The van der Waals surface area contributed by atoms with E-state index < -0.39 is 0 Å². The van der Waals surface area contributed by atoms with Gasteiger partial charge in [0.1, 0.15) is 5.15 Å². The summed E-state index contributed by atoms with van der Waals surface area (Å²) in [5, 5.41) is 0.225. The van der Waals surface area contributed by atoms with Crippen LogP contribution in [0.25, 0.3) is 0 Å². The largest absolute Gasteiger partial charge is 0.481 e. The van der Waals surface area contributed by atoms with Crippen molar-refractivity contribution in [1.82, 2.24) is 4.98 Å². The topological polar surface area (TPSA) is 51.5 Å². The summed E-state index contributed by atoms with van der Waals surface area (Å²) in [6.07, 6.45) is 1.40. The Morgan fingerprint density at radius 2 is 2.42 bits per heavy atom. The number of nitrogens with zero attached hydrogens (tertiary/aromatic N) is 2. The van der Waals surface area contributed by atoms with Gasteiger partial charge >= 0.3 is 0 Å². The van der Waals surface area contributed by atoms with Gasteiger partial charge in [-0.05, 0) is 0 Å². The van der Waals surface area contributed by atoms with Crippen molar-refractivity contribution in [2.24, 2.45) is 4.99 Å². The summed E-state index contributed by atoms with van der Waals surface area (Å²) < 4.78 is 4.80. The second-order valence-electron chi connectivity index (χ2n) is 1.89. The number of carbonyl (C=O) groups excluding carboxylic acids is 1. The van der Waals surface area contributed by atoms with E-state index in [2.05, 4.69) is 9.98 Å². The lowest BCUT2D eigenvalue weighted by molar-refractivity contribution is 0.398. The highest BCUT2D eigenvalue weighted by molar-refractivity contribution is 6.29.